The fraction of sp³-hybridized carbons (Fsp3) is 0.467. The Hall–Kier alpha value is -1.88. The van der Waals surface area contributed by atoms with E-state index in [0.717, 1.165) is 12.0 Å². The average Bonchev–Trinajstić information content (AvgIpc) is 2.83. The third-order valence-corrected chi connectivity index (χ3v) is 4.17. The van der Waals surface area contributed by atoms with Gasteiger partial charge in [-0.15, -0.1) is 0 Å². The first-order valence-electron chi connectivity index (χ1n) is 6.96. The van der Waals surface area contributed by atoms with Crippen molar-refractivity contribution >= 4 is 11.9 Å². The van der Waals surface area contributed by atoms with E-state index >= 15 is 0 Å². The lowest BCUT2D eigenvalue weighted by molar-refractivity contribution is -0.144. The first-order valence-corrected chi connectivity index (χ1v) is 6.96. The van der Waals surface area contributed by atoms with E-state index in [4.69, 9.17) is 0 Å². The van der Waals surface area contributed by atoms with Gasteiger partial charge in [0.05, 0.1) is 0 Å². The molecule has 1 aromatic carbocycles. The molecular weight excluding hydrogens is 256 g/mol. The van der Waals surface area contributed by atoms with Crippen molar-refractivity contribution in [2.75, 3.05) is 6.54 Å². The number of carboxylic acid groups (broad SMARTS) is 1. The predicted octanol–water partition coefficient (Wildman–Crippen LogP) is 0.776. The number of hydrogen-bond donors (Lipinski definition) is 2. The molecule has 1 unspecified atom stereocenters. The van der Waals surface area contributed by atoms with Crippen molar-refractivity contribution in [2.24, 2.45) is 0 Å². The van der Waals surface area contributed by atoms with Gasteiger partial charge >= 0.3 is 5.97 Å². The highest BCUT2D eigenvalue weighted by Gasteiger charge is 2.34. The third kappa shape index (κ3) is 2.54. The number of benzene rings is 1. The Morgan fingerprint density at radius 2 is 2.10 bits per heavy atom. The Labute approximate surface area is 117 Å². The van der Waals surface area contributed by atoms with Gasteiger partial charge in [0.15, 0.2) is 0 Å². The standard InChI is InChI=1S/C15H18N2O3/c18-14-6-5-12(16-14)9-17-8-11-4-2-1-3-10(11)7-13(17)15(19)20/h1-4,12-13H,5-9H2,(H,16,18)(H,19,20)/t12?,13-/m0/s1. The summed E-state index contributed by atoms with van der Waals surface area (Å²) < 4.78 is 0. The van der Waals surface area contributed by atoms with Gasteiger partial charge in [-0.05, 0) is 24.0 Å². The maximum atomic E-state index is 11.5. The van der Waals surface area contributed by atoms with Gasteiger partial charge in [0, 0.05) is 25.6 Å². The van der Waals surface area contributed by atoms with E-state index in [0.29, 0.717) is 25.9 Å². The second-order valence-electron chi connectivity index (χ2n) is 5.56. The second-order valence-corrected chi connectivity index (χ2v) is 5.56. The van der Waals surface area contributed by atoms with Crippen molar-refractivity contribution in [3.8, 4) is 0 Å². The highest BCUT2D eigenvalue weighted by Crippen LogP contribution is 2.24. The Morgan fingerprint density at radius 3 is 2.75 bits per heavy atom. The van der Waals surface area contributed by atoms with Crippen LogP contribution in [0, 0.1) is 0 Å². The van der Waals surface area contributed by atoms with Gasteiger partial charge in [-0.1, -0.05) is 24.3 Å². The van der Waals surface area contributed by atoms with Crippen LogP contribution in [0.3, 0.4) is 0 Å². The molecule has 2 heterocycles. The Kier molecular flexibility index (Phi) is 3.44. The molecule has 0 spiro atoms. The van der Waals surface area contributed by atoms with Crippen molar-refractivity contribution in [1.29, 1.82) is 0 Å². The highest BCUT2D eigenvalue weighted by atomic mass is 16.4. The average molecular weight is 274 g/mol. The first-order chi connectivity index (χ1) is 9.63. The largest absolute Gasteiger partial charge is 0.480 e. The number of carbonyl (C=O) groups excluding carboxylic acids is 1. The quantitative estimate of drug-likeness (QED) is 0.854. The van der Waals surface area contributed by atoms with Gasteiger partial charge < -0.3 is 10.4 Å². The molecule has 1 amide bonds. The number of nitrogens with zero attached hydrogens (tertiary/aromatic N) is 1. The second kappa shape index (κ2) is 5.25. The van der Waals surface area contributed by atoms with E-state index in [1.54, 1.807) is 0 Å². The molecule has 20 heavy (non-hydrogen) atoms. The SMILES string of the molecule is O=C1CCC(CN2Cc3ccccc3C[C@H]2C(=O)O)N1. The van der Waals surface area contributed by atoms with E-state index in [1.165, 1.54) is 5.56 Å². The summed E-state index contributed by atoms with van der Waals surface area (Å²) in [5, 5.41) is 12.3. The molecule has 0 saturated carbocycles. The van der Waals surface area contributed by atoms with Crippen molar-refractivity contribution in [2.45, 2.75) is 37.9 Å². The summed E-state index contributed by atoms with van der Waals surface area (Å²) in [6.07, 6.45) is 1.88. The van der Waals surface area contributed by atoms with Gasteiger partial charge in [-0.25, -0.2) is 0 Å². The van der Waals surface area contributed by atoms with E-state index in [1.807, 2.05) is 29.2 Å². The molecule has 1 aromatic rings. The van der Waals surface area contributed by atoms with Crippen molar-refractivity contribution < 1.29 is 14.7 Å². The number of hydrogen-bond acceptors (Lipinski definition) is 3. The van der Waals surface area contributed by atoms with Crippen LogP contribution in [0.5, 0.6) is 0 Å². The molecular formula is C15H18N2O3. The molecule has 3 rings (SSSR count). The zero-order valence-corrected chi connectivity index (χ0v) is 11.2. The predicted molar refractivity (Wildman–Crippen MR) is 73.1 cm³/mol. The maximum absolute atomic E-state index is 11.5. The van der Waals surface area contributed by atoms with E-state index in [9.17, 15) is 14.7 Å². The summed E-state index contributed by atoms with van der Waals surface area (Å²) in [6.45, 7) is 1.25. The normalized spacial score (nSPS) is 26.1. The van der Waals surface area contributed by atoms with E-state index in [2.05, 4.69) is 5.32 Å². The molecule has 5 nitrogen and oxygen atoms in total. The number of nitrogens with one attached hydrogen (secondary N) is 1. The molecule has 2 aliphatic heterocycles. The Morgan fingerprint density at radius 1 is 1.35 bits per heavy atom. The zero-order chi connectivity index (χ0) is 14.1. The summed E-state index contributed by atoms with van der Waals surface area (Å²) in [6, 6.07) is 7.56. The number of amides is 1. The monoisotopic (exact) mass is 274 g/mol. The zero-order valence-electron chi connectivity index (χ0n) is 11.2. The highest BCUT2D eigenvalue weighted by molar-refractivity contribution is 5.78. The summed E-state index contributed by atoms with van der Waals surface area (Å²) in [5.74, 6) is -0.719. The molecule has 2 atom stereocenters. The van der Waals surface area contributed by atoms with Crippen LogP contribution in [-0.4, -0.2) is 40.5 Å². The van der Waals surface area contributed by atoms with Crippen molar-refractivity contribution in [3.63, 3.8) is 0 Å². The molecule has 0 bridgehead atoms. The molecule has 1 saturated heterocycles. The minimum Gasteiger partial charge on any atom is -0.480 e. The van der Waals surface area contributed by atoms with Gasteiger partial charge in [0.25, 0.3) is 0 Å². The van der Waals surface area contributed by atoms with Crippen LogP contribution in [0.25, 0.3) is 0 Å². The molecule has 106 valence electrons. The van der Waals surface area contributed by atoms with Gasteiger partial charge in [0.1, 0.15) is 6.04 Å². The van der Waals surface area contributed by atoms with Crippen molar-refractivity contribution in [1.82, 2.24) is 10.2 Å². The first kappa shape index (κ1) is 13.1. The topological polar surface area (TPSA) is 69.6 Å². The summed E-state index contributed by atoms with van der Waals surface area (Å²) in [4.78, 5) is 24.7. The minimum atomic E-state index is -0.788. The summed E-state index contributed by atoms with van der Waals surface area (Å²) in [7, 11) is 0. The fourth-order valence-corrected chi connectivity index (χ4v) is 3.11. The fourth-order valence-electron chi connectivity index (χ4n) is 3.11. The van der Waals surface area contributed by atoms with Gasteiger partial charge in [-0.3, -0.25) is 14.5 Å². The lowest BCUT2D eigenvalue weighted by atomic mass is 9.93. The molecule has 0 aromatic heterocycles. The number of carbonyl (C=O) groups is 2. The molecule has 2 aliphatic rings. The van der Waals surface area contributed by atoms with Crippen molar-refractivity contribution in [3.05, 3.63) is 35.4 Å². The van der Waals surface area contributed by atoms with Crippen LogP contribution in [0.15, 0.2) is 24.3 Å². The van der Waals surface area contributed by atoms with E-state index < -0.39 is 12.0 Å². The lowest BCUT2D eigenvalue weighted by Crippen LogP contribution is -2.50. The maximum Gasteiger partial charge on any atom is 0.321 e. The summed E-state index contributed by atoms with van der Waals surface area (Å²) >= 11 is 0. The number of rotatable bonds is 3. The van der Waals surface area contributed by atoms with Crippen LogP contribution >= 0.6 is 0 Å². The van der Waals surface area contributed by atoms with E-state index in [-0.39, 0.29) is 11.9 Å². The van der Waals surface area contributed by atoms with Crippen LogP contribution in [-0.2, 0) is 22.6 Å². The molecule has 5 heteroatoms. The molecule has 0 aliphatic carbocycles. The van der Waals surface area contributed by atoms with Crippen LogP contribution in [0.2, 0.25) is 0 Å². The van der Waals surface area contributed by atoms with Gasteiger partial charge in [0.2, 0.25) is 5.91 Å². The minimum absolute atomic E-state index is 0.0688. The van der Waals surface area contributed by atoms with Crippen LogP contribution in [0.4, 0.5) is 0 Å². The van der Waals surface area contributed by atoms with Gasteiger partial charge in [-0.2, -0.15) is 0 Å². The number of fused-ring (bicyclic) bond motifs is 1. The number of carboxylic acids is 1. The Bertz CT molecular complexity index is 544. The summed E-state index contributed by atoms with van der Waals surface area (Å²) in [5.41, 5.74) is 2.31. The molecule has 2 N–H and O–H groups in total. The Balaban J connectivity index is 1.78. The smallest absolute Gasteiger partial charge is 0.321 e. The molecule has 0 radical (unpaired) electrons. The van der Waals surface area contributed by atoms with Crippen LogP contribution in [0.1, 0.15) is 24.0 Å². The number of aliphatic carboxylic acids is 1. The third-order valence-electron chi connectivity index (χ3n) is 4.17. The van der Waals surface area contributed by atoms with Crippen LogP contribution < -0.4 is 5.32 Å². The molecule has 1 fully saturated rings. The lowest BCUT2D eigenvalue weighted by Gasteiger charge is -2.35.